The van der Waals surface area contributed by atoms with Crippen LogP contribution in [-0.4, -0.2) is 22.6 Å². The number of carbonyl (C=O) groups excluding carboxylic acids is 1. The van der Waals surface area contributed by atoms with Crippen molar-refractivity contribution in [2.75, 3.05) is 6.54 Å². The van der Waals surface area contributed by atoms with Gasteiger partial charge in [-0.25, -0.2) is 0 Å². The number of benzene rings is 1. The van der Waals surface area contributed by atoms with Crippen LogP contribution in [0.25, 0.3) is 0 Å². The van der Waals surface area contributed by atoms with Crippen LogP contribution < -0.4 is 5.32 Å². The summed E-state index contributed by atoms with van der Waals surface area (Å²) in [5.41, 5.74) is 1.55. The molecule has 2 aromatic rings. The molecular weight excluding hydrogens is 214 g/mol. The lowest BCUT2D eigenvalue weighted by atomic mass is 10.1. The Hall–Kier alpha value is -2.23. The van der Waals surface area contributed by atoms with Gasteiger partial charge in [0.05, 0.1) is 0 Å². The molecule has 0 spiro atoms. The van der Waals surface area contributed by atoms with Gasteiger partial charge in [0.15, 0.2) is 5.69 Å². The van der Waals surface area contributed by atoms with E-state index in [4.69, 9.17) is 0 Å². The number of amides is 1. The van der Waals surface area contributed by atoms with Gasteiger partial charge in [-0.05, 0) is 24.1 Å². The van der Waals surface area contributed by atoms with E-state index in [1.54, 1.807) is 18.3 Å². The van der Waals surface area contributed by atoms with Crippen molar-refractivity contribution in [2.45, 2.75) is 6.42 Å². The van der Waals surface area contributed by atoms with Gasteiger partial charge in [-0.1, -0.05) is 30.3 Å². The zero-order chi connectivity index (χ0) is 11.9. The maximum Gasteiger partial charge on any atom is 0.271 e. The van der Waals surface area contributed by atoms with Crippen LogP contribution in [0.15, 0.2) is 48.7 Å². The van der Waals surface area contributed by atoms with Gasteiger partial charge in [0, 0.05) is 12.7 Å². The number of rotatable bonds is 4. The van der Waals surface area contributed by atoms with Crippen molar-refractivity contribution in [3.8, 4) is 0 Å². The molecule has 0 unspecified atom stereocenters. The SMILES string of the molecule is O=C(NCCc1ccccc1)c1cccnn1. The summed E-state index contributed by atoms with van der Waals surface area (Å²) in [6.07, 6.45) is 2.35. The third kappa shape index (κ3) is 3.38. The Morgan fingerprint density at radius 3 is 2.65 bits per heavy atom. The number of hydrogen-bond donors (Lipinski definition) is 1. The zero-order valence-electron chi connectivity index (χ0n) is 9.34. The van der Waals surface area contributed by atoms with Gasteiger partial charge in [0.1, 0.15) is 0 Å². The fraction of sp³-hybridized carbons (Fsp3) is 0.154. The zero-order valence-corrected chi connectivity index (χ0v) is 9.34. The second kappa shape index (κ2) is 5.75. The minimum absolute atomic E-state index is 0.186. The smallest absolute Gasteiger partial charge is 0.271 e. The number of nitrogens with one attached hydrogen (secondary N) is 1. The van der Waals surface area contributed by atoms with E-state index in [1.807, 2.05) is 30.3 Å². The van der Waals surface area contributed by atoms with E-state index in [9.17, 15) is 4.79 Å². The van der Waals surface area contributed by atoms with Gasteiger partial charge in [-0.2, -0.15) is 5.10 Å². The van der Waals surface area contributed by atoms with Crippen molar-refractivity contribution in [1.29, 1.82) is 0 Å². The Morgan fingerprint density at radius 2 is 1.94 bits per heavy atom. The van der Waals surface area contributed by atoms with Crippen LogP contribution in [0, 0.1) is 0 Å². The van der Waals surface area contributed by atoms with Crippen molar-refractivity contribution in [3.63, 3.8) is 0 Å². The molecule has 0 aliphatic carbocycles. The monoisotopic (exact) mass is 227 g/mol. The molecule has 1 heterocycles. The first-order chi connectivity index (χ1) is 8.36. The van der Waals surface area contributed by atoms with E-state index >= 15 is 0 Å². The summed E-state index contributed by atoms with van der Waals surface area (Å²) in [5, 5.41) is 10.2. The summed E-state index contributed by atoms with van der Waals surface area (Å²) < 4.78 is 0. The molecule has 1 N–H and O–H groups in total. The Labute approximate surface area is 99.7 Å². The maximum atomic E-state index is 11.6. The van der Waals surface area contributed by atoms with E-state index < -0.39 is 0 Å². The van der Waals surface area contributed by atoms with E-state index in [0.717, 1.165) is 6.42 Å². The van der Waals surface area contributed by atoms with E-state index in [-0.39, 0.29) is 5.91 Å². The maximum absolute atomic E-state index is 11.6. The quantitative estimate of drug-likeness (QED) is 0.860. The standard InChI is InChI=1S/C13H13N3O/c17-13(12-7-4-9-15-16-12)14-10-8-11-5-2-1-3-6-11/h1-7,9H,8,10H2,(H,14,17). The van der Waals surface area contributed by atoms with E-state index in [2.05, 4.69) is 15.5 Å². The minimum Gasteiger partial charge on any atom is -0.350 e. The van der Waals surface area contributed by atoms with Gasteiger partial charge in [-0.15, -0.1) is 5.10 Å². The minimum atomic E-state index is -0.186. The highest BCUT2D eigenvalue weighted by Gasteiger charge is 2.05. The van der Waals surface area contributed by atoms with Gasteiger partial charge in [0.25, 0.3) is 5.91 Å². The number of nitrogens with zero attached hydrogens (tertiary/aromatic N) is 2. The van der Waals surface area contributed by atoms with Gasteiger partial charge >= 0.3 is 0 Å². The molecule has 4 heteroatoms. The lowest BCUT2D eigenvalue weighted by Crippen LogP contribution is -2.26. The molecule has 0 bridgehead atoms. The molecule has 1 amide bonds. The highest BCUT2D eigenvalue weighted by molar-refractivity contribution is 5.91. The predicted octanol–water partition coefficient (Wildman–Crippen LogP) is 1.45. The molecule has 2 rings (SSSR count). The Bertz CT molecular complexity index is 471. The topological polar surface area (TPSA) is 54.9 Å². The van der Waals surface area contributed by atoms with Crippen molar-refractivity contribution < 1.29 is 4.79 Å². The summed E-state index contributed by atoms with van der Waals surface area (Å²) >= 11 is 0. The summed E-state index contributed by atoms with van der Waals surface area (Å²) in [6.45, 7) is 0.597. The summed E-state index contributed by atoms with van der Waals surface area (Å²) in [6, 6.07) is 13.4. The first-order valence-electron chi connectivity index (χ1n) is 5.46. The lowest BCUT2D eigenvalue weighted by Gasteiger charge is -2.03. The summed E-state index contributed by atoms with van der Waals surface area (Å²) in [4.78, 5) is 11.6. The molecule has 0 fully saturated rings. The van der Waals surface area contributed by atoms with Crippen LogP contribution in [0.3, 0.4) is 0 Å². The number of aromatic nitrogens is 2. The number of carbonyl (C=O) groups is 1. The second-order valence-electron chi connectivity index (χ2n) is 3.60. The second-order valence-corrected chi connectivity index (χ2v) is 3.60. The lowest BCUT2D eigenvalue weighted by molar-refractivity contribution is 0.0948. The third-order valence-corrected chi connectivity index (χ3v) is 2.35. The molecule has 86 valence electrons. The molecule has 4 nitrogen and oxygen atoms in total. The van der Waals surface area contributed by atoms with Crippen LogP contribution >= 0.6 is 0 Å². The molecule has 0 atom stereocenters. The van der Waals surface area contributed by atoms with Gasteiger partial charge < -0.3 is 5.32 Å². The number of hydrogen-bond acceptors (Lipinski definition) is 3. The van der Waals surface area contributed by atoms with Crippen molar-refractivity contribution >= 4 is 5.91 Å². The Balaban J connectivity index is 1.82. The first kappa shape index (κ1) is 11.3. The van der Waals surface area contributed by atoms with Crippen LogP contribution in [0.1, 0.15) is 16.1 Å². The molecule has 0 aliphatic heterocycles. The third-order valence-electron chi connectivity index (χ3n) is 2.35. The molecule has 0 saturated carbocycles. The van der Waals surface area contributed by atoms with Gasteiger partial charge in [0.2, 0.25) is 0 Å². The average molecular weight is 227 g/mol. The fourth-order valence-corrected chi connectivity index (χ4v) is 1.48. The van der Waals surface area contributed by atoms with Crippen molar-refractivity contribution in [1.82, 2.24) is 15.5 Å². The normalized spacial score (nSPS) is 9.88. The first-order valence-corrected chi connectivity index (χ1v) is 5.46. The van der Waals surface area contributed by atoms with Crippen molar-refractivity contribution in [2.24, 2.45) is 0 Å². The molecule has 1 aromatic carbocycles. The molecule has 17 heavy (non-hydrogen) atoms. The summed E-state index contributed by atoms with van der Waals surface area (Å²) in [7, 11) is 0. The predicted molar refractivity (Wildman–Crippen MR) is 64.5 cm³/mol. The highest BCUT2D eigenvalue weighted by atomic mass is 16.1. The van der Waals surface area contributed by atoms with Crippen LogP contribution in [-0.2, 0) is 6.42 Å². The molecular formula is C13H13N3O. The Kier molecular flexibility index (Phi) is 3.81. The van der Waals surface area contributed by atoms with Crippen LogP contribution in [0.2, 0.25) is 0 Å². The van der Waals surface area contributed by atoms with Crippen molar-refractivity contribution in [3.05, 3.63) is 59.9 Å². The average Bonchev–Trinajstić information content (AvgIpc) is 2.41. The largest absolute Gasteiger partial charge is 0.350 e. The van der Waals surface area contributed by atoms with Crippen LogP contribution in [0.4, 0.5) is 0 Å². The van der Waals surface area contributed by atoms with Crippen LogP contribution in [0.5, 0.6) is 0 Å². The van der Waals surface area contributed by atoms with E-state index in [0.29, 0.717) is 12.2 Å². The molecule has 0 saturated heterocycles. The fourth-order valence-electron chi connectivity index (χ4n) is 1.48. The molecule has 1 aromatic heterocycles. The molecule has 0 radical (unpaired) electrons. The highest BCUT2D eigenvalue weighted by Crippen LogP contribution is 1.98. The summed E-state index contributed by atoms with van der Waals surface area (Å²) in [5.74, 6) is -0.186. The molecule has 0 aliphatic rings. The van der Waals surface area contributed by atoms with E-state index in [1.165, 1.54) is 5.56 Å². The van der Waals surface area contributed by atoms with Gasteiger partial charge in [-0.3, -0.25) is 4.79 Å². The Morgan fingerprint density at radius 1 is 1.12 bits per heavy atom.